The number of benzene rings is 1. The fourth-order valence-electron chi connectivity index (χ4n) is 3.38. The quantitative estimate of drug-likeness (QED) is 0.901. The zero-order valence-electron chi connectivity index (χ0n) is 11.8. The van der Waals surface area contributed by atoms with Crippen LogP contribution in [-0.4, -0.2) is 17.9 Å². The molecular weight excluding hydrogens is 288 g/mol. The van der Waals surface area contributed by atoms with Crippen molar-refractivity contribution < 1.29 is 9.59 Å². The Labute approximate surface area is 129 Å². The number of halogens is 1. The molecule has 1 aromatic rings. The van der Waals surface area contributed by atoms with E-state index in [1.807, 2.05) is 24.3 Å². The van der Waals surface area contributed by atoms with Crippen molar-refractivity contribution in [3.8, 4) is 0 Å². The maximum atomic E-state index is 12.5. The Morgan fingerprint density at radius 1 is 1.33 bits per heavy atom. The van der Waals surface area contributed by atoms with Crippen LogP contribution in [0.4, 0.5) is 0 Å². The standard InChI is InChI=1S/C16H19ClN2O2/c17-12-5-3-4-11(10-12)16(8-1-2-9-16)19-15(21)13-6-7-14(20)18-13/h3-5,10,13H,1-2,6-9H2,(H,18,20)(H,19,21). The van der Waals surface area contributed by atoms with Gasteiger partial charge < -0.3 is 10.6 Å². The number of nitrogens with one attached hydrogen (secondary N) is 2. The second-order valence-electron chi connectivity index (χ2n) is 5.95. The first kappa shape index (κ1) is 14.4. The molecule has 1 aliphatic carbocycles. The average molecular weight is 307 g/mol. The Kier molecular flexibility index (Phi) is 3.89. The normalized spacial score (nSPS) is 23.9. The van der Waals surface area contributed by atoms with Crippen LogP contribution in [-0.2, 0) is 15.1 Å². The lowest BCUT2D eigenvalue weighted by atomic mass is 9.87. The van der Waals surface area contributed by atoms with Crippen molar-refractivity contribution in [3.63, 3.8) is 0 Å². The number of carbonyl (C=O) groups is 2. The first-order valence-corrected chi connectivity index (χ1v) is 7.84. The molecule has 0 bridgehead atoms. The SMILES string of the molecule is O=C1CCC(C(=O)NC2(c3cccc(Cl)c3)CCCC2)N1. The maximum absolute atomic E-state index is 12.5. The van der Waals surface area contributed by atoms with Gasteiger partial charge in [-0.3, -0.25) is 9.59 Å². The molecule has 0 radical (unpaired) electrons. The van der Waals surface area contributed by atoms with Crippen LogP contribution in [0.2, 0.25) is 5.02 Å². The molecule has 1 aromatic carbocycles. The molecular formula is C16H19ClN2O2. The van der Waals surface area contributed by atoms with Gasteiger partial charge in [-0.1, -0.05) is 36.6 Å². The van der Waals surface area contributed by atoms with Crippen molar-refractivity contribution in [2.24, 2.45) is 0 Å². The molecule has 2 aliphatic rings. The Hall–Kier alpha value is -1.55. The van der Waals surface area contributed by atoms with Gasteiger partial charge in [-0.25, -0.2) is 0 Å². The second kappa shape index (κ2) is 5.68. The van der Waals surface area contributed by atoms with E-state index < -0.39 is 6.04 Å². The molecule has 2 amide bonds. The third kappa shape index (κ3) is 2.91. The smallest absolute Gasteiger partial charge is 0.243 e. The molecule has 2 fully saturated rings. The van der Waals surface area contributed by atoms with Crippen LogP contribution in [0, 0.1) is 0 Å². The fraction of sp³-hybridized carbons (Fsp3) is 0.500. The van der Waals surface area contributed by atoms with Crippen LogP contribution >= 0.6 is 11.6 Å². The van der Waals surface area contributed by atoms with Gasteiger partial charge in [0.25, 0.3) is 0 Å². The lowest BCUT2D eigenvalue weighted by Crippen LogP contribution is -2.50. The van der Waals surface area contributed by atoms with Gasteiger partial charge >= 0.3 is 0 Å². The summed E-state index contributed by atoms with van der Waals surface area (Å²) in [5.74, 6) is -0.124. The average Bonchev–Trinajstić information content (AvgIpc) is 3.09. The minimum Gasteiger partial charge on any atom is -0.345 e. The first-order chi connectivity index (χ1) is 10.1. The van der Waals surface area contributed by atoms with Crippen LogP contribution in [0.5, 0.6) is 0 Å². The summed E-state index contributed by atoms with van der Waals surface area (Å²) >= 11 is 6.10. The van der Waals surface area contributed by atoms with Gasteiger partial charge in [0, 0.05) is 11.4 Å². The predicted molar refractivity (Wildman–Crippen MR) is 80.9 cm³/mol. The molecule has 1 saturated heterocycles. The van der Waals surface area contributed by atoms with Gasteiger partial charge in [-0.15, -0.1) is 0 Å². The van der Waals surface area contributed by atoms with Gasteiger partial charge in [0.2, 0.25) is 11.8 Å². The summed E-state index contributed by atoms with van der Waals surface area (Å²) in [6, 6.07) is 7.31. The molecule has 3 rings (SSSR count). The second-order valence-corrected chi connectivity index (χ2v) is 6.38. The summed E-state index contributed by atoms with van der Waals surface area (Å²) in [6.07, 6.45) is 5.02. The van der Waals surface area contributed by atoms with Crippen LogP contribution in [0.25, 0.3) is 0 Å². The molecule has 0 spiro atoms. The van der Waals surface area contributed by atoms with Crippen LogP contribution in [0.15, 0.2) is 24.3 Å². The molecule has 4 nitrogen and oxygen atoms in total. The van der Waals surface area contributed by atoms with E-state index >= 15 is 0 Å². The van der Waals surface area contributed by atoms with Crippen molar-refractivity contribution in [1.29, 1.82) is 0 Å². The molecule has 0 aromatic heterocycles. The molecule has 1 unspecified atom stereocenters. The van der Waals surface area contributed by atoms with Crippen LogP contribution < -0.4 is 10.6 Å². The van der Waals surface area contributed by atoms with Crippen molar-refractivity contribution in [1.82, 2.24) is 10.6 Å². The largest absolute Gasteiger partial charge is 0.345 e. The molecule has 5 heteroatoms. The highest BCUT2D eigenvalue weighted by atomic mass is 35.5. The van der Waals surface area contributed by atoms with Gasteiger partial charge in [-0.05, 0) is 37.0 Å². The summed E-state index contributed by atoms with van der Waals surface area (Å²) in [7, 11) is 0. The summed E-state index contributed by atoms with van der Waals surface area (Å²) in [6.45, 7) is 0. The third-order valence-corrected chi connectivity index (χ3v) is 4.74. The number of carbonyl (C=O) groups excluding carboxylic acids is 2. The van der Waals surface area contributed by atoms with Crippen molar-refractivity contribution in [3.05, 3.63) is 34.9 Å². The monoisotopic (exact) mass is 306 g/mol. The van der Waals surface area contributed by atoms with Gasteiger partial charge in [0.15, 0.2) is 0 Å². The van der Waals surface area contributed by atoms with Gasteiger partial charge in [0.1, 0.15) is 6.04 Å². The minimum absolute atomic E-state index is 0.0432. The summed E-state index contributed by atoms with van der Waals surface area (Å²) in [5, 5.41) is 6.60. The molecule has 21 heavy (non-hydrogen) atoms. The van der Waals surface area contributed by atoms with Crippen LogP contribution in [0.3, 0.4) is 0 Å². The van der Waals surface area contributed by atoms with E-state index in [4.69, 9.17) is 11.6 Å². The number of rotatable bonds is 3. The lowest BCUT2D eigenvalue weighted by Gasteiger charge is -2.32. The van der Waals surface area contributed by atoms with Gasteiger partial charge in [0.05, 0.1) is 5.54 Å². The van der Waals surface area contributed by atoms with E-state index in [1.54, 1.807) is 0 Å². The van der Waals surface area contributed by atoms with E-state index in [9.17, 15) is 9.59 Å². The third-order valence-electron chi connectivity index (χ3n) is 4.51. The molecule has 112 valence electrons. The Balaban J connectivity index is 1.81. The number of hydrogen-bond acceptors (Lipinski definition) is 2. The van der Waals surface area contributed by atoms with Crippen molar-refractivity contribution >= 4 is 23.4 Å². The highest BCUT2D eigenvalue weighted by Crippen LogP contribution is 2.39. The molecule has 1 atom stereocenters. The maximum Gasteiger partial charge on any atom is 0.243 e. The topological polar surface area (TPSA) is 58.2 Å². The highest BCUT2D eigenvalue weighted by Gasteiger charge is 2.39. The lowest BCUT2D eigenvalue weighted by molar-refractivity contribution is -0.127. The fourth-order valence-corrected chi connectivity index (χ4v) is 3.57. The molecule has 1 aliphatic heterocycles. The Morgan fingerprint density at radius 3 is 2.71 bits per heavy atom. The summed E-state index contributed by atoms with van der Waals surface area (Å²) in [4.78, 5) is 23.7. The van der Waals surface area contributed by atoms with Crippen LogP contribution in [0.1, 0.15) is 44.1 Å². The zero-order chi connectivity index (χ0) is 14.9. The Bertz CT molecular complexity index is 567. The summed E-state index contributed by atoms with van der Waals surface area (Å²) in [5.41, 5.74) is 0.722. The molecule has 1 saturated carbocycles. The molecule has 1 heterocycles. The highest BCUT2D eigenvalue weighted by molar-refractivity contribution is 6.30. The van der Waals surface area contributed by atoms with E-state index in [0.29, 0.717) is 17.9 Å². The minimum atomic E-state index is -0.394. The molecule has 2 N–H and O–H groups in total. The summed E-state index contributed by atoms with van der Waals surface area (Å²) < 4.78 is 0. The number of hydrogen-bond donors (Lipinski definition) is 2. The zero-order valence-corrected chi connectivity index (χ0v) is 12.6. The van der Waals surface area contributed by atoms with Crippen molar-refractivity contribution in [2.45, 2.75) is 50.1 Å². The number of amides is 2. The van der Waals surface area contributed by atoms with E-state index in [0.717, 1.165) is 31.2 Å². The predicted octanol–water partition coefficient (Wildman–Crippen LogP) is 2.50. The first-order valence-electron chi connectivity index (χ1n) is 7.46. The van der Waals surface area contributed by atoms with Crippen molar-refractivity contribution in [2.75, 3.05) is 0 Å². The van der Waals surface area contributed by atoms with E-state index in [-0.39, 0.29) is 17.4 Å². The Morgan fingerprint density at radius 2 is 2.10 bits per heavy atom. The van der Waals surface area contributed by atoms with E-state index in [2.05, 4.69) is 10.6 Å². The van der Waals surface area contributed by atoms with Gasteiger partial charge in [-0.2, -0.15) is 0 Å². The van der Waals surface area contributed by atoms with E-state index in [1.165, 1.54) is 0 Å².